The van der Waals surface area contributed by atoms with Gasteiger partial charge in [0.1, 0.15) is 7.85 Å². The monoisotopic (exact) mass is 750 g/mol. The minimum atomic E-state index is -6.77. The topological polar surface area (TPSA) is 129 Å². The largest absolute Gasteiger partial charge is 0.450 e. The van der Waals surface area contributed by atoms with Crippen LogP contribution < -0.4 is 21.0 Å². The van der Waals surface area contributed by atoms with Crippen LogP contribution in [0.25, 0.3) is 0 Å². The number of anilines is 2. The molecule has 0 heterocycles. The Balaban J connectivity index is 2.11. The third-order valence-electron chi connectivity index (χ3n) is 7.16. The summed E-state index contributed by atoms with van der Waals surface area (Å²) in [6.45, 7) is 0.618. The number of alkyl carbamates (subject to hydrolysis) is 1. The summed E-state index contributed by atoms with van der Waals surface area (Å²) in [5.74, 6) is -5.41. The Morgan fingerprint density at radius 3 is 2.02 bits per heavy atom. The molecule has 0 atom stereocenters. The van der Waals surface area contributed by atoms with Crippen molar-refractivity contribution in [3.8, 4) is 6.07 Å². The minimum absolute atomic E-state index is 0.109. The molecule has 276 valence electrons. The number of halogens is 11. The van der Waals surface area contributed by atoms with Gasteiger partial charge in [0.05, 0.1) is 35.1 Å². The van der Waals surface area contributed by atoms with Crippen LogP contribution in [0.15, 0.2) is 54.6 Å². The van der Waals surface area contributed by atoms with Gasteiger partial charge in [-0.15, -0.1) is 0 Å². The fourth-order valence-corrected chi connectivity index (χ4v) is 4.68. The van der Waals surface area contributed by atoms with Crippen LogP contribution in [0.1, 0.15) is 50.8 Å². The van der Waals surface area contributed by atoms with E-state index in [9.17, 15) is 63.1 Å². The van der Waals surface area contributed by atoms with E-state index in [1.165, 1.54) is 19.1 Å². The lowest BCUT2D eigenvalue weighted by atomic mass is 9.83. The average Bonchev–Trinajstić information content (AvgIpc) is 3.04. The maximum Gasteiger partial charge on any atom is 0.435 e. The molecule has 0 fully saturated rings. The Hall–Kier alpha value is -5.68. The molecule has 21 heteroatoms. The Morgan fingerprint density at radius 2 is 1.50 bits per heavy atom. The number of alkyl halides is 10. The van der Waals surface area contributed by atoms with Gasteiger partial charge in [-0.3, -0.25) is 19.7 Å². The second-order valence-corrected chi connectivity index (χ2v) is 10.6. The van der Waals surface area contributed by atoms with Gasteiger partial charge in [0, 0.05) is 29.8 Å². The summed E-state index contributed by atoms with van der Waals surface area (Å²) in [6, 6.07) is 8.07. The maximum atomic E-state index is 16.0. The Labute approximate surface area is 286 Å². The normalized spacial score (nSPS) is 12.1. The van der Waals surface area contributed by atoms with Crippen molar-refractivity contribution < 1.29 is 72.2 Å². The molecule has 0 aliphatic rings. The third-order valence-corrected chi connectivity index (χ3v) is 7.16. The Morgan fingerprint density at radius 1 is 0.904 bits per heavy atom. The molecule has 0 aliphatic heterocycles. The van der Waals surface area contributed by atoms with Crippen molar-refractivity contribution in [3.05, 3.63) is 88.2 Å². The lowest BCUT2D eigenvalue weighted by Gasteiger charge is -2.31. The first kappa shape index (κ1) is 40.8. The molecular weight excluding hydrogens is 728 g/mol. The zero-order valence-corrected chi connectivity index (χ0v) is 26.4. The van der Waals surface area contributed by atoms with Crippen molar-refractivity contribution in [2.24, 2.45) is 0 Å². The van der Waals surface area contributed by atoms with E-state index in [-0.39, 0.29) is 23.8 Å². The highest BCUT2D eigenvalue weighted by atomic mass is 19.4. The van der Waals surface area contributed by atoms with Crippen molar-refractivity contribution >= 4 is 48.5 Å². The molecule has 0 radical (unpaired) electrons. The van der Waals surface area contributed by atoms with Crippen molar-refractivity contribution in [1.29, 1.82) is 5.26 Å². The summed E-state index contributed by atoms with van der Waals surface area (Å²) in [5, 5.41) is 12.5. The average molecular weight is 750 g/mol. The molecule has 3 aromatic rings. The number of nitrogens with one attached hydrogen (secondary N) is 2. The van der Waals surface area contributed by atoms with E-state index in [2.05, 4.69) is 4.74 Å². The van der Waals surface area contributed by atoms with Crippen LogP contribution >= 0.6 is 0 Å². The van der Waals surface area contributed by atoms with E-state index >= 15 is 4.39 Å². The highest BCUT2D eigenvalue weighted by Crippen LogP contribution is 2.54. The molecule has 0 saturated carbocycles. The number of amides is 4. The Bertz CT molecular complexity index is 1890. The number of nitrogens with zero attached hydrogens (tertiary/aromatic N) is 2. The number of hydrogen-bond donors (Lipinski definition) is 2. The first-order valence-electron chi connectivity index (χ1n) is 14.4. The minimum Gasteiger partial charge on any atom is -0.450 e. The predicted octanol–water partition coefficient (Wildman–Crippen LogP) is 5.83. The fraction of sp³-hybridized carbons (Fsp3) is 0.258. The summed E-state index contributed by atoms with van der Waals surface area (Å²) in [7, 11) is 0.535. The molecule has 0 unspecified atom stereocenters. The van der Waals surface area contributed by atoms with Crippen LogP contribution in [0.2, 0.25) is 0 Å². The van der Waals surface area contributed by atoms with Crippen molar-refractivity contribution in [2.75, 3.05) is 23.4 Å². The van der Waals surface area contributed by atoms with E-state index in [0.717, 1.165) is 24.3 Å². The molecule has 0 spiro atoms. The molecule has 0 aromatic heterocycles. The number of rotatable bonds is 9. The first-order chi connectivity index (χ1) is 24.0. The van der Waals surface area contributed by atoms with Crippen molar-refractivity contribution in [3.63, 3.8) is 0 Å². The quantitative estimate of drug-likeness (QED) is 0.210. The molecule has 0 bridgehead atoms. The summed E-state index contributed by atoms with van der Waals surface area (Å²) in [6.07, 6.45) is -21.2. The van der Waals surface area contributed by atoms with Crippen molar-refractivity contribution in [1.82, 2.24) is 5.32 Å². The summed E-state index contributed by atoms with van der Waals surface area (Å²) in [5.41, 5.74) is -15.6. The van der Waals surface area contributed by atoms with E-state index < -0.39 is 106 Å². The second-order valence-electron chi connectivity index (χ2n) is 10.6. The molecule has 3 rings (SSSR count). The molecular formula is C31H22BF11N4O5. The summed E-state index contributed by atoms with van der Waals surface area (Å²) >= 11 is 0. The van der Waals surface area contributed by atoms with E-state index in [1.54, 1.807) is 11.4 Å². The fourth-order valence-electron chi connectivity index (χ4n) is 4.68. The van der Waals surface area contributed by atoms with Gasteiger partial charge < -0.3 is 15.0 Å². The first-order valence-corrected chi connectivity index (χ1v) is 14.4. The molecule has 2 N–H and O–H groups in total. The van der Waals surface area contributed by atoms with Crippen LogP contribution in [0.4, 0.5) is 64.5 Å². The number of carbonyl (C=O) groups is 4. The zero-order chi connectivity index (χ0) is 39.4. The lowest BCUT2D eigenvalue weighted by Crippen LogP contribution is -2.51. The van der Waals surface area contributed by atoms with Crippen LogP contribution in [-0.4, -0.2) is 57.2 Å². The lowest BCUT2D eigenvalue weighted by molar-refractivity contribution is -0.348. The summed E-state index contributed by atoms with van der Waals surface area (Å²) < 4.78 is 157. The van der Waals surface area contributed by atoms with Crippen LogP contribution in [0.5, 0.6) is 0 Å². The van der Waals surface area contributed by atoms with Crippen LogP contribution in [0, 0.1) is 17.1 Å². The van der Waals surface area contributed by atoms with E-state index in [1.807, 2.05) is 5.32 Å². The van der Waals surface area contributed by atoms with Crippen LogP contribution in [-0.2, 0) is 21.4 Å². The standard InChI is InChI=1S/C31H22BF11N4O5/c1-2-52-27(51)45-22(48)10-11-47(26(50)16-8-6-15(14-44)7-9-16)21-5-3-4-18(23(21)33)25(49)46-24-19(29(35,36)37)12-17(13-20(24)32)28(34,30(38,39)40)31(41,42)43/h3-9,12-13H,2,10-11,32H2,1H3,(H,46,49)(H,45,48,51). The zero-order valence-electron chi connectivity index (χ0n) is 26.4. The number of hydrogen-bond acceptors (Lipinski definition) is 6. The van der Waals surface area contributed by atoms with Gasteiger partial charge in [-0.2, -0.15) is 44.8 Å². The van der Waals surface area contributed by atoms with Gasteiger partial charge in [0.2, 0.25) is 5.91 Å². The number of benzene rings is 3. The van der Waals surface area contributed by atoms with Gasteiger partial charge in [0.25, 0.3) is 11.8 Å². The molecule has 52 heavy (non-hydrogen) atoms. The smallest absolute Gasteiger partial charge is 0.435 e. The van der Waals surface area contributed by atoms with E-state index in [4.69, 9.17) is 5.26 Å². The molecule has 4 amide bonds. The molecule has 9 nitrogen and oxygen atoms in total. The van der Waals surface area contributed by atoms with Crippen molar-refractivity contribution in [2.45, 2.75) is 37.5 Å². The number of imide groups is 1. The van der Waals surface area contributed by atoms with Gasteiger partial charge >= 0.3 is 30.3 Å². The molecule has 0 aliphatic carbocycles. The predicted molar refractivity (Wildman–Crippen MR) is 161 cm³/mol. The second kappa shape index (κ2) is 15.3. The van der Waals surface area contributed by atoms with Crippen LogP contribution in [0.3, 0.4) is 0 Å². The number of ether oxygens (including phenoxy) is 1. The Kier molecular flexibility index (Phi) is 12.0. The van der Waals surface area contributed by atoms with E-state index in [0.29, 0.717) is 18.8 Å². The summed E-state index contributed by atoms with van der Waals surface area (Å²) in [4.78, 5) is 51.2. The van der Waals surface area contributed by atoms with Gasteiger partial charge in [-0.05, 0) is 49.4 Å². The van der Waals surface area contributed by atoms with Gasteiger partial charge in [0.15, 0.2) is 5.82 Å². The molecule has 3 aromatic carbocycles. The maximum absolute atomic E-state index is 16.0. The SMILES string of the molecule is Bc1cc(C(F)(C(F)(F)F)C(F)(F)F)cc(C(F)(F)F)c1NC(=O)c1cccc(N(CCC(=O)NC(=O)OCC)C(=O)c2ccc(C#N)cc2)c1F. The van der Waals surface area contributed by atoms with Gasteiger partial charge in [-0.25, -0.2) is 13.6 Å². The number of nitriles is 1. The van der Waals surface area contributed by atoms with Gasteiger partial charge in [-0.1, -0.05) is 17.6 Å². The highest BCUT2D eigenvalue weighted by molar-refractivity contribution is 6.37. The third kappa shape index (κ3) is 8.61. The highest BCUT2D eigenvalue weighted by Gasteiger charge is 2.73. The number of carbonyl (C=O) groups excluding carboxylic acids is 4. The molecule has 0 saturated heterocycles.